The van der Waals surface area contributed by atoms with Gasteiger partial charge in [-0.2, -0.15) is 8.78 Å². The van der Waals surface area contributed by atoms with Crippen molar-refractivity contribution in [2.24, 2.45) is 0 Å². The van der Waals surface area contributed by atoms with Crippen molar-refractivity contribution in [2.45, 2.75) is 12.8 Å². The zero-order valence-electron chi connectivity index (χ0n) is 8.48. The fraction of sp³-hybridized carbons (Fsp3) is 0.300. The Labute approximate surface area is 88.8 Å². The van der Waals surface area contributed by atoms with Crippen LogP contribution in [-0.2, 0) is 0 Å². The number of Topliss-reactive ketones (excluding diaryl/α,β-unsaturated/α-hetero) is 1. The van der Waals surface area contributed by atoms with E-state index < -0.39 is 34.7 Å². The van der Waals surface area contributed by atoms with Crippen LogP contribution in [0.25, 0.3) is 0 Å². The Morgan fingerprint density at radius 2 is 1.88 bits per heavy atom. The molecule has 0 atom stereocenters. The molecule has 0 saturated heterocycles. The minimum absolute atomic E-state index is 0.338. The molecule has 1 aromatic rings. The molecule has 0 unspecified atom stereocenters. The molecule has 1 aromatic carbocycles. The molecule has 0 radical (unpaired) electrons. The average molecular weight is 236 g/mol. The highest BCUT2D eigenvalue weighted by atomic mass is 19.3. The summed E-state index contributed by atoms with van der Waals surface area (Å²) in [5.74, 6) is -8.77. The second-order valence-electron chi connectivity index (χ2n) is 3.16. The highest BCUT2D eigenvalue weighted by Crippen LogP contribution is 2.28. The van der Waals surface area contributed by atoms with Crippen molar-refractivity contribution in [1.82, 2.24) is 0 Å². The van der Waals surface area contributed by atoms with Crippen LogP contribution < -0.4 is 4.74 Å². The maximum atomic E-state index is 13.4. The topological polar surface area (TPSA) is 26.3 Å². The standard InChI is InChI=1S/C10H8F4O2/c1-10(13,14)9(15)5-3-4-6(11)8(16-2)7(5)12/h3-4H,1-2H3. The largest absolute Gasteiger partial charge is 0.491 e. The van der Waals surface area contributed by atoms with E-state index in [1.807, 2.05) is 0 Å². The van der Waals surface area contributed by atoms with Gasteiger partial charge in [0.05, 0.1) is 12.7 Å². The summed E-state index contributed by atoms with van der Waals surface area (Å²) in [6.07, 6.45) is 0. The number of halogens is 4. The van der Waals surface area contributed by atoms with Gasteiger partial charge in [0.2, 0.25) is 5.78 Å². The van der Waals surface area contributed by atoms with E-state index in [-0.39, 0.29) is 0 Å². The monoisotopic (exact) mass is 236 g/mol. The first kappa shape index (κ1) is 12.5. The van der Waals surface area contributed by atoms with Crippen molar-refractivity contribution in [1.29, 1.82) is 0 Å². The molecule has 0 fully saturated rings. The van der Waals surface area contributed by atoms with Crippen molar-refractivity contribution in [3.05, 3.63) is 29.3 Å². The molecule has 1 rings (SSSR count). The first-order valence-corrected chi connectivity index (χ1v) is 4.23. The molecular weight excluding hydrogens is 228 g/mol. The summed E-state index contributed by atoms with van der Waals surface area (Å²) >= 11 is 0. The fourth-order valence-electron chi connectivity index (χ4n) is 1.13. The van der Waals surface area contributed by atoms with Gasteiger partial charge in [0.15, 0.2) is 17.4 Å². The lowest BCUT2D eigenvalue weighted by Gasteiger charge is -2.11. The smallest absolute Gasteiger partial charge is 0.307 e. The molecular formula is C10H8F4O2. The molecule has 88 valence electrons. The molecule has 6 heteroatoms. The van der Waals surface area contributed by atoms with E-state index in [1.165, 1.54) is 0 Å². The quantitative estimate of drug-likeness (QED) is 0.595. The van der Waals surface area contributed by atoms with Gasteiger partial charge in [0, 0.05) is 6.92 Å². The lowest BCUT2D eigenvalue weighted by molar-refractivity contribution is 0.0216. The molecule has 0 spiro atoms. The summed E-state index contributed by atoms with van der Waals surface area (Å²) in [6.45, 7) is 0.338. The van der Waals surface area contributed by atoms with E-state index >= 15 is 0 Å². The third-order valence-corrected chi connectivity index (χ3v) is 1.90. The second kappa shape index (κ2) is 4.11. The molecule has 0 saturated carbocycles. The van der Waals surface area contributed by atoms with Crippen LogP contribution in [0.5, 0.6) is 5.75 Å². The van der Waals surface area contributed by atoms with E-state index in [4.69, 9.17) is 0 Å². The predicted octanol–water partition coefficient (Wildman–Crippen LogP) is 2.81. The summed E-state index contributed by atoms with van der Waals surface area (Å²) in [6, 6.07) is 1.35. The molecule has 0 bridgehead atoms. The Morgan fingerprint density at radius 1 is 1.31 bits per heavy atom. The van der Waals surface area contributed by atoms with Crippen molar-refractivity contribution < 1.29 is 27.1 Å². The zero-order chi connectivity index (χ0) is 12.5. The number of methoxy groups -OCH3 is 1. The molecule has 0 heterocycles. The number of benzene rings is 1. The predicted molar refractivity (Wildman–Crippen MR) is 47.9 cm³/mol. The Kier molecular flexibility index (Phi) is 3.21. The van der Waals surface area contributed by atoms with E-state index in [0.29, 0.717) is 19.1 Å². The fourth-order valence-corrected chi connectivity index (χ4v) is 1.13. The van der Waals surface area contributed by atoms with Crippen molar-refractivity contribution in [3.8, 4) is 5.75 Å². The number of ketones is 1. The highest BCUT2D eigenvalue weighted by molar-refractivity contribution is 6.01. The number of ether oxygens (including phenoxy) is 1. The number of carbonyl (C=O) groups excluding carboxylic acids is 1. The lowest BCUT2D eigenvalue weighted by Crippen LogP contribution is -2.25. The van der Waals surface area contributed by atoms with Gasteiger partial charge >= 0.3 is 5.92 Å². The van der Waals surface area contributed by atoms with Gasteiger partial charge < -0.3 is 4.74 Å². The summed E-state index contributed by atoms with van der Waals surface area (Å²) in [5.41, 5.74) is -0.897. The van der Waals surface area contributed by atoms with Gasteiger partial charge in [-0.3, -0.25) is 4.79 Å². The molecule has 0 aliphatic carbocycles. The van der Waals surface area contributed by atoms with Gasteiger partial charge in [-0.1, -0.05) is 0 Å². The normalized spacial score (nSPS) is 11.4. The average Bonchev–Trinajstić information content (AvgIpc) is 2.16. The Bertz CT molecular complexity index is 424. The Balaban J connectivity index is 3.32. The minimum Gasteiger partial charge on any atom is -0.491 e. The second-order valence-corrected chi connectivity index (χ2v) is 3.16. The van der Waals surface area contributed by atoms with Crippen LogP contribution in [0.15, 0.2) is 12.1 Å². The van der Waals surface area contributed by atoms with Crippen molar-refractivity contribution >= 4 is 5.78 Å². The number of hydrogen-bond acceptors (Lipinski definition) is 2. The maximum absolute atomic E-state index is 13.4. The summed E-state index contributed by atoms with van der Waals surface area (Å²) in [7, 11) is 0.972. The SMILES string of the molecule is COc1c(F)ccc(C(=O)C(C)(F)F)c1F. The van der Waals surface area contributed by atoms with Crippen LogP contribution in [0.3, 0.4) is 0 Å². The number of carbonyl (C=O) groups is 1. The number of hydrogen-bond donors (Lipinski definition) is 0. The van der Waals surface area contributed by atoms with Crippen LogP contribution in [0.2, 0.25) is 0 Å². The van der Waals surface area contributed by atoms with Crippen LogP contribution in [0, 0.1) is 11.6 Å². The van der Waals surface area contributed by atoms with E-state index in [9.17, 15) is 22.4 Å². The third kappa shape index (κ3) is 2.15. The molecule has 0 aliphatic heterocycles. The number of rotatable bonds is 3. The van der Waals surface area contributed by atoms with Crippen LogP contribution in [-0.4, -0.2) is 18.8 Å². The third-order valence-electron chi connectivity index (χ3n) is 1.90. The molecule has 0 N–H and O–H groups in total. The van der Waals surface area contributed by atoms with Crippen LogP contribution >= 0.6 is 0 Å². The minimum atomic E-state index is -3.72. The highest BCUT2D eigenvalue weighted by Gasteiger charge is 2.36. The van der Waals surface area contributed by atoms with Gasteiger partial charge in [-0.15, -0.1) is 0 Å². The summed E-state index contributed by atoms with van der Waals surface area (Å²) < 4.78 is 56.0. The van der Waals surface area contributed by atoms with E-state index in [2.05, 4.69) is 4.74 Å². The van der Waals surface area contributed by atoms with Gasteiger partial charge in [0.25, 0.3) is 0 Å². The van der Waals surface area contributed by atoms with Crippen molar-refractivity contribution in [3.63, 3.8) is 0 Å². The van der Waals surface area contributed by atoms with Crippen molar-refractivity contribution in [2.75, 3.05) is 7.11 Å². The first-order valence-electron chi connectivity index (χ1n) is 4.23. The van der Waals surface area contributed by atoms with E-state index in [0.717, 1.165) is 7.11 Å². The first-order chi connectivity index (χ1) is 7.29. The van der Waals surface area contributed by atoms with Crippen LogP contribution in [0.1, 0.15) is 17.3 Å². The van der Waals surface area contributed by atoms with Gasteiger partial charge in [-0.05, 0) is 12.1 Å². The summed E-state index contributed by atoms with van der Waals surface area (Å²) in [4.78, 5) is 11.1. The molecule has 2 nitrogen and oxygen atoms in total. The molecule has 16 heavy (non-hydrogen) atoms. The molecule has 0 aliphatic rings. The Hall–Kier alpha value is -1.59. The van der Waals surface area contributed by atoms with Gasteiger partial charge in [-0.25, -0.2) is 8.78 Å². The Morgan fingerprint density at radius 3 is 2.31 bits per heavy atom. The van der Waals surface area contributed by atoms with E-state index in [1.54, 1.807) is 0 Å². The summed E-state index contributed by atoms with van der Waals surface area (Å²) in [5, 5.41) is 0. The lowest BCUT2D eigenvalue weighted by atomic mass is 10.1. The van der Waals surface area contributed by atoms with Gasteiger partial charge in [0.1, 0.15) is 0 Å². The van der Waals surface area contributed by atoms with Crippen LogP contribution in [0.4, 0.5) is 17.6 Å². The zero-order valence-corrected chi connectivity index (χ0v) is 8.48. The molecule has 0 aromatic heterocycles. The molecule has 0 amide bonds. The maximum Gasteiger partial charge on any atom is 0.307 e. The number of alkyl halides is 2.